The molecule has 5 heteroatoms. The number of thioether (sulfide) groups is 1. The second-order valence-corrected chi connectivity index (χ2v) is 6.80. The Hall–Kier alpha value is -0.400. The van der Waals surface area contributed by atoms with Gasteiger partial charge in [0.1, 0.15) is 0 Å². The quantitative estimate of drug-likeness (QED) is 0.459. The van der Waals surface area contributed by atoms with Crippen LogP contribution in [0.4, 0.5) is 0 Å². The number of Topliss-reactive ketones (excluding diaryl/α,β-unsaturated/α-hetero) is 1. The van der Waals surface area contributed by atoms with Crippen molar-refractivity contribution in [1.82, 2.24) is 4.98 Å². The molecular weight excluding hydrogens is 365 g/mol. The lowest BCUT2D eigenvalue weighted by molar-refractivity contribution is 0.102. The minimum Gasteiger partial charge on any atom is -0.293 e. The molecule has 2 aromatic rings. The van der Waals surface area contributed by atoms with Crippen LogP contribution in [0, 0.1) is 10.5 Å². The largest absolute Gasteiger partial charge is 0.293 e. The zero-order valence-corrected chi connectivity index (χ0v) is 12.9. The van der Waals surface area contributed by atoms with Gasteiger partial charge in [0, 0.05) is 20.2 Å². The highest BCUT2D eigenvalue weighted by atomic mass is 127. The van der Waals surface area contributed by atoms with Gasteiger partial charge in [0.05, 0.1) is 5.75 Å². The number of aryl methyl sites for hydroxylation is 1. The van der Waals surface area contributed by atoms with E-state index in [9.17, 15) is 4.79 Å². The van der Waals surface area contributed by atoms with E-state index in [0.717, 1.165) is 19.2 Å². The number of ketones is 1. The molecule has 88 valence electrons. The van der Waals surface area contributed by atoms with Crippen molar-refractivity contribution in [2.45, 2.75) is 11.3 Å². The molecule has 0 bridgehead atoms. The molecule has 1 heterocycles. The number of halogens is 1. The van der Waals surface area contributed by atoms with Crippen molar-refractivity contribution >= 4 is 51.5 Å². The number of carbonyl (C=O) groups excluding carboxylic acids is 1. The normalized spacial score (nSPS) is 10.5. The summed E-state index contributed by atoms with van der Waals surface area (Å²) >= 11 is 5.32. The van der Waals surface area contributed by atoms with Gasteiger partial charge in [0.25, 0.3) is 0 Å². The summed E-state index contributed by atoms with van der Waals surface area (Å²) in [4.78, 5) is 16.2. The van der Waals surface area contributed by atoms with Crippen molar-refractivity contribution in [3.05, 3.63) is 44.5 Å². The van der Waals surface area contributed by atoms with Crippen molar-refractivity contribution in [3.8, 4) is 0 Å². The van der Waals surface area contributed by atoms with E-state index in [0.29, 0.717) is 5.75 Å². The zero-order chi connectivity index (χ0) is 12.3. The van der Waals surface area contributed by atoms with E-state index < -0.39 is 0 Å². The van der Waals surface area contributed by atoms with E-state index in [1.54, 1.807) is 11.3 Å². The molecule has 1 aromatic heterocycles. The summed E-state index contributed by atoms with van der Waals surface area (Å²) in [6.07, 6.45) is 0. The molecule has 1 aromatic carbocycles. The van der Waals surface area contributed by atoms with Crippen LogP contribution < -0.4 is 0 Å². The zero-order valence-electron chi connectivity index (χ0n) is 9.14. The molecule has 0 spiro atoms. The van der Waals surface area contributed by atoms with Crippen LogP contribution in [0.1, 0.15) is 16.1 Å². The third-order valence-corrected chi connectivity index (χ3v) is 4.95. The highest BCUT2D eigenvalue weighted by molar-refractivity contribution is 14.1. The lowest BCUT2D eigenvalue weighted by Crippen LogP contribution is -2.01. The number of nitrogens with zero attached hydrogens (tertiary/aromatic N) is 1. The van der Waals surface area contributed by atoms with E-state index >= 15 is 0 Å². The summed E-state index contributed by atoms with van der Waals surface area (Å²) < 4.78 is 2.10. The molecule has 0 aliphatic carbocycles. The van der Waals surface area contributed by atoms with Gasteiger partial charge in [0.15, 0.2) is 10.1 Å². The fourth-order valence-electron chi connectivity index (χ4n) is 1.25. The van der Waals surface area contributed by atoms with Gasteiger partial charge < -0.3 is 0 Å². The first kappa shape index (κ1) is 13.0. The number of benzene rings is 1. The SMILES string of the molecule is Cc1csc(SCC(=O)c2ccc(I)cc2)n1. The fourth-order valence-corrected chi connectivity index (χ4v) is 3.35. The molecule has 0 aliphatic heterocycles. The summed E-state index contributed by atoms with van der Waals surface area (Å²) in [6.45, 7) is 1.96. The fraction of sp³-hybridized carbons (Fsp3) is 0.167. The molecule has 2 nitrogen and oxygen atoms in total. The van der Waals surface area contributed by atoms with Gasteiger partial charge in [-0.25, -0.2) is 4.98 Å². The molecule has 0 amide bonds. The molecule has 2 rings (SSSR count). The van der Waals surface area contributed by atoms with Gasteiger partial charge in [0.2, 0.25) is 0 Å². The van der Waals surface area contributed by atoms with Crippen LogP contribution in [-0.2, 0) is 0 Å². The number of thiazole rings is 1. The number of aromatic nitrogens is 1. The van der Waals surface area contributed by atoms with E-state index in [-0.39, 0.29) is 5.78 Å². The van der Waals surface area contributed by atoms with Crippen LogP contribution >= 0.6 is 45.7 Å². The first-order valence-electron chi connectivity index (χ1n) is 4.99. The Balaban J connectivity index is 1.95. The smallest absolute Gasteiger partial charge is 0.173 e. The van der Waals surface area contributed by atoms with Crippen LogP contribution in [0.2, 0.25) is 0 Å². The predicted molar refractivity (Wildman–Crippen MR) is 81.1 cm³/mol. The van der Waals surface area contributed by atoms with Crippen LogP contribution in [0.5, 0.6) is 0 Å². The van der Waals surface area contributed by atoms with Crippen molar-refractivity contribution in [1.29, 1.82) is 0 Å². The summed E-state index contributed by atoms with van der Waals surface area (Å²) in [5, 5.41) is 2.00. The number of hydrogen-bond donors (Lipinski definition) is 0. The minimum atomic E-state index is 0.152. The summed E-state index contributed by atoms with van der Waals surface area (Å²) in [6, 6.07) is 7.65. The second kappa shape index (κ2) is 5.97. The van der Waals surface area contributed by atoms with Crippen molar-refractivity contribution in [3.63, 3.8) is 0 Å². The van der Waals surface area contributed by atoms with E-state index in [1.807, 2.05) is 36.6 Å². The van der Waals surface area contributed by atoms with Gasteiger partial charge >= 0.3 is 0 Å². The maximum absolute atomic E-state index is 11.9. The molecular formula is C12H10INOS2. The van der Waals surface area contributed by atoms with E-state index in [4.69, 9.17) is 0 Å². The number of rotatable bonds is 4. The van der Waals surface area contributed by atoms with Crippen LogP contribution in [0.15, 0.2) is 34.0 Å². The molecule has 0 N–H and O–H groups in total. The maximum atomic E-state index is 11.9. The first-order valence-corrected chi connectivity index (χ1v) is 7.93. The third kappa shape index (κ3) is 3.79. The number of hydrogen-bond acceptors (Lipinski definition) is 4. The molecule has 17 heavy (non-hydrogen) atoms. The van der Waals surface area contributed by atoms with Gasteiger partial charge in [-0.15, -0.1) is 11.3 Å². The Labute approximate surface area is 122 Å². The Morgan fingerprint density at radius 3 is 2.71 bits per heavy atom. The average Bonchev–Trinajstić information content (AvgIpc) is 2.73. The molecule has 0 saturated heterocycles. The average molecular weight is 375 g/mol. The summed E-state index contributed by atoms with van der Waals surface area (Å²) in [5.41, 5.74) is 1.78. The van der Waals surface area contributed by atoms with E-state index in [2.05, 4.69) is 27.6 Å². The third-order valence-electron chi connectivity index (χ3n) is 2.09. The highest BCUT2D eigenvalue weighted by Gasteiger charge is 2.08. The topological polar surface area (TPSA) is 30.0 Å². The van der Waals surface area contributed by atoms with Gasteiger partial charge in [-0.3, -0.25) is 4.79 Å². The second-order valence-electron chi connectivity index (χ2n) is 3.47. The monoisotopic (exact) mass is 375 g/mol. The maximum Gasteiger partial charge on any atom is 0.173 e. The molecule has 0 atom stereocenters. The van der Waals surface area contributed by atoms with Gasteiger partial charge in [-0.05, 0) is 41.6 Å². The molecule has 0 unspecified atom stereocenters. The number of carbonyl (C=O) groups is 1. The Bertz CT molecular complexity index is 522. The van der Waals surface area contributed by atoms with Gasteiger partial charge in [-0.2, -0.15) is 0 Å². The molecule has 0 aliphatic rings. The molecule has 0 radical (unpaired) electrons. The Morgan fingerprint density at radius 1 is 1.41 bits per heavy atom. The lowest BCUT2D eigenvalue weighted by Gasteiger charge is -1.99. The summed E-state index contributed by atoms with van der Waals surface area (Å²) in [5.74, 6) is 0.604. The van der Waals surface area contributed by atoms with Gasteiger partial charge in [-0.1, -0.05) is 23.9 Å². The van der Waals surface area contributed by atoms with E-state index in [1.165, 1.54) is 11.8 Å². The predicted octanol–water partition coefficient (Wildman–Crippen LogP) is 4.03. The van der Waals surface area contributed by atoms with Crippen molar-refractivity contribution in [2.75, 3.05) is 5.75 Å². The first-order chi connectivity index (χ1) is 8.15. The Morgan fingerprint density at radius 2 is 2.12 bits per heavy atom. The standard InChI is InChI=1S/C12H10INOS2/c1-8-6-16-12(14-8)17-7-11(15)9-2-4-10(13)5-3-9/h2-6H,7H2,1H3. The van der Waals surface area contributed by atoms with Crippen LogP contribution in [0.25, 0.3) is 0 Å². The molecule has 0 saturated carbocycles. The molecule has 0 fully saturated rings. The van der Waals surface area contributed by atoms with Crippen molar-refractivity contribution < 1.29 is 4.79 Å². The van der Waals surface area contributed by atoms with Crippen molar-refractivity contribution in [2.24, 2.45) is 0 Å². The Kier molecular flexibility index (Phi) is 4.58. The minimum absolute atomic E-state index is 0.152. The highest BCUT2D eigenvalue weighted by Crippen LogP contribution is 2.23. The van der Waals surface area contributed by atoms with Crippen LogP contribution in [-0.4, -0.2) is 16.5 Å². The lowest BCUT2D eigenvalue weighted by atomic mass is 10.2. The van der Waals surface area contributed by atoms with Crippen LogP contribution in [0.3, 0.4) is 0 Å². The summed E-state index contributed by atoms with van der Waals surface area (Å²) in [7, 11) is 0.